The van der Waals surface area contributed by atoms with E-state index in [-0.39, 0.29) is 25.2 Å². The van der Waals surface area contributed by atoms with Gasteiger partial charge in [0, 0.05) is 19.4 Å². The summed E-state index contributed by atoms with van der Waals surface area (Å²) in [7, 11) is 0. The van der Waals surface area contributed by atoms with Gasteiger partial charge >= 0.3 is 11.9 Å². The molecule has 0 radical (unpaired) electrons. The Bertz CT molecular complexity index is 1190. The maximum Gasteiger partial charge on any atom is 0.306 e. The number of unbranched alkanes of at least 4 members (excludes halogenated alkanes) is 7. The van der Waals surface area contributed by atoms with Crippen LogP contribution in [0.3, 0.4) is 0 Å². The van der Waals surface area contributed by atoms with Crippen LogP contribution in [0.2, 0.25) is 0 Å². The highest BCUT2D eigenvalue weighted by Gasteiger charge is 2.17. The summed E-state index contributed by atoms with van der Waals surface area (Å²) < 4.78 is 17.1. The molecule has 5 nitrogen and oxygen atoms in total. The van der Waals surface area contributed by atoms with Gasteiger partial charge in [-0.3, -0.25) is 9.59 Å². The molecule has 0 heterocycles. The van der Waals surface area contributed by atoms with Crippen molar-refractivity contribution in [3.63, 3.8) is 0 Å². The molecule has 0 rings (SSSR count). The minimum absolute atomic E-state index is 0.0206. The number of rotatable bonds is 38. The molecule has 0 aliphatic rings. The predicted molar refractivity (Wildman–Crippen MR) is 242 cm³/mol. The normalized spacial score (nSPS) is 13.4. The summed E-state index contributed by atoms with van der Waals surface area (Å²) in [6, 6.07) is 0. The molecule has 0 spiro atoms. The Morgan fingerprint density at radius 2 is 0.839 bits per heavy atom. The molecule has 0 aliphatic heterocycles. The molecule has 0 aromatic heterocycles. The second kappa shape index (κ2) is 45.7. The maximum atomic E-state index is 12.6. The number of esters is 2. The van der Waals surface area contributed by atoms with Crippen molar-refractivity contribution in [3.05, 3.63) is 122 Å². The van der Waals surface area contributed by atoms with Crippen molar-refractivity contribution in [1.82, 2.24) is 0 Å². The van der Waals surface area contributed by atoms with Crippen LogP contribution in [0.25, 0.3) is 0 Å². The maximum absolute atomic E-state index is 12.6. The number of carbonyl (C=O) groups excluding carboxylic acids is 2. The van der Waals surface area contributed by atoms with Crippen LogP contribution < -0.4 is 0 Å². The largest absolute Gasteiger partial charge is 0.462 e. The van der Waals surface area contributed by atoms with Crippen molar-refractivity contribution >= 4 is 11.9 Å². The van der Waals surface area contributed by atoms with Gasteiger partial charge in [-0.05, 0) is 96.3 Å². The van der Waals surface area contributed by atoms with E-state index in [9.17, 15) is 9.59 Å². The molecule has 0 amide bonds. The molecule has 0 saturated heterocycles. The van der Waals surface area contributed by atoms with E-state index in [4.69, 9.17) is 14.2 Å². The molecule has 0 saturated carbocycles. The first kappa shape index (κ1) is 52.3. The zero-order valence-electron chi connectivity index (χ0n) is 35.8. The Labute approximate surface area is 344 Å². The molecule has 0 aromatic carbocycles. The van der Waals surface area contributed by atoms with E-state index in [1.807, 2.05) is 6.08 Å². The van der Waals surface area contributed by atoms with Gasteiger partial charge in [0.1, 0.15) is 6.61 Å². The fraction of sp³-hybridized carbons (Fsp3) is 0.569. The Morgan fingerprint density at radius 3 is 1.32 bits per heavy atom. The van der Waals surface area contributed by atoms with Gasteiger partial charge in [0.05, 0.1) is 6.61 Å². The van der Waals surface area contributed by atoms with Gasteiger partial charge in [0.25, 0.3) is 0 Å². The summed E-state index contributed by atoms with van der Waals surface area (Å²) in [5, 5.41) is 0. The van der Waals surface area contributed by atoms with Gasteiger partial charge in [0.15, 0.2) is 6.10 Å². The van der Waals surface area contributed by atoms with Crippen LogP contribution >= 0.6 is 0 Å². The van der Waals surface area contributed by atoms with Crippen molar-refractivity contribution in [2.75, 3.05) is 19.8 Å². The van der Waals surface area contributed by atoms with E-state index in [0.29, 0.717) is 25.9 Å². The third kappa shape index (κ3) is 43.0. The Morgan fingerprint density at radius 1 is 0.411 bits per heavy atom. The van der Waals surface area contributed by atoms with E-state index in [0.717, 1.165) is 96.3 Å². The van der Waals surface area contributed by atoms with Gasteiger partial charge in [-0.15, -0.1) is 0 Å². The van der Waals surface area contributed by atoms with Gasteiger partial charge in [-0.25, -0.2) is 0 Å². The predicted octanol–water partition coefficient (Wildman–Crippen LogP) is 14.7. The van der Waals surface area contributed by atoms with Crippen LogP contribution in [0.5, 0.6) is 0 Å². The lowest BCUT2D eigenvalue weighted by Gasteiger charge is -2.18. The molecular weight excluding hydrogens is 693 g/mol. The zero-order valence-corrected chi connectivity index (χ0v) is 35.8. The first-order valence-electron chi connectivity index (χ1n) is 22.1. The third-order valence-corrected chi connectivity index (χ3v) is 8.51. The summed E-state index contributed by atoms with van der Waals surface area (Å²) in [5.74, 6) is -0.559. The molecule has 0 aromatic rings. The fourth-order valence-corrected chi connectivity index (χ4v) is 5.29. The number of ether oxygens (including phenoxy) is 3. The zero-order chi connectivity index (χ0) is 40.7. The molecular formula is C51H80O5. The van der Waals surface area contributed by atoms with Crippen molar-refractivity contribution in [1.29, 1.82) is 0 Å². The number of hydrogen-bond acceptors (Lipinski definition) is 5. The highest BCUT2D eigenvalue weighted by atomic mass is 16.6. The molecule has 1 unspecified atom stereocenters. The first-order chi connectivity index (χ1) is 27.6. The second-order valence-corrected chi connectivity index (χ2v) is 13.8. The summed E-state index contributed by atoms with van der Waals surface area (Å²) in [6.45, 7) is 7.39. The standard InChI is InChI=1S/C51H80O5/c1-4-7-10-13-16-18-20-22-24-25-26-27-29-30-32-34-36-38-41-44-50(52)55-48-49(47-54-46-43-40-15-12-9-6-3)56-51(53)45-42-39-37-35-33-31-28-23-21-19-17-14-11-8-5-2/h7-8,10-11,16-19,22-24,26-28,30,32-33,35-36,38,49H,4-6,9,12-15,20-21,25,29,31,34,37,39-48H2,1-3H3/b10-7-,11-8-,18-16-,19-17-,24-22-,27-26-,28-23-,32-30-,35-33-,38-36-. The van der Waals surface area contributed by atoms with Crippen LogP contribution in [-0.4, -0.2) is 37.9 Å². The molecule has 0 bridgehead atoms. The summed E-state index contributed by atoms with van der Waals surface area (Å²) in [4.78, 5) is 25.1. The summed E-state index contributed by atoms with van der Waals surface area (Å²) >= 11 is 0. The minimum Gasteiger partial charge on any atom is -0.462 e. The van der Waals surface area contributed by atoms with E-state index in [1.54, 1.807) is 0 Å². The number of hydrogen-bond donors (Lipinski definition) is 0. The Balaban J connectivity index is 4.35. The fourth-order valence-electron chi connectivity index (χ4n) is 5.29. The lowest BCUT2D eigenvalue weighted by molar-refractivity contribution is -0.162. The highest BCUT2D eigenvalue weighted by Crippen LogP contribution is 2.09. The van der Waals surface area contributed by atoms with Gasteiger partial charge in [-0.1, -0.05) is 174 Å². The van der Waals surface area contributed by atoms with Crippen LogP contribution in [0, 0.1) is 0 Å². The highest BCUT2D eigenvalue weighted by molar-refractivity contribution is 5.70. The average Bonchev–Trinajstić information content (AvgIpc) is 3.20. The number of allylic oxidation sites excluding steroid dienone is 20. The van der Waals surface area contributed by atoms with E-state index >= 15 is 0 Å². The van der Waals surface area contributed by atoms with E-state index < -0.39 is 6.10 Å². The molecule has 0 fully saturated rings. The first-order valence-corrected chi connectivity index (χ1v) is 22.1. The summed E-state index contributed by atoms with van der Waals surface area (Å²) in [5.41, 5.74) is 0. The van der Waals surface area contributed by atoms with Crippen molar-refractivity contribution in [2.24, 2.45) is 0 Å². The molecule has 0 aliphatic carbocycles. The quantitative estimate of drug-likeness (QED) is 0.0355. The summed E-state index contributed by atoms with van der Waals surface area (Å²) in [6.07, 6.45) is 63.6. The second-order valence-electron chi connectivity index (χ2n) is 13.8. The van der Waals surface area contributed by atoms with Crippen molar-refractivity contribution in [2.45, 2.75) is 168 Å². The Kier molecular flexibility index (Phi) is 42.7. The lowest BCUT2D eigenvalue weighted by atomic mass is 10.1. The van der Waals surface area contributed by atoms with Crippen molar-refractivity contribution in [3.8, 4) is 0 Å². The van der Waals surface area contributed by atoms with Gasteiger partial charge in [-0.2, -0.15) is 0 Å². The number of carbonyl (C=O) groups is 2. The molecule has 5 heteroatoms. The van der Waals surface area contributed by atoms with Crippen LogP contribution in [0.4, 0.5) is 0 Å². The molecule has 314 valence electrons. The SMILES string of the molecule is CC/C=C\C/C=C\C/C=C\C/C=C\C/C=C\C/C=C\CCC(=O)OCC(COCCCCCCCC)OC(=O)CCCC/C=C\C/C=C\C/C=C\C/C=C\CC. The van der Waals surface area contributed by atoms with E-state index in [1.165, 1.54) is 25.7 Å². The molecule has 1 atom stereocenters. The average molecular weight is 773 g/mol. The van der Waals surface area contributed by atoms with Crippen LogP contribution in [-0.2, 0) is 23.8 Å². The van der Waals surface area contributed by atoms with Crippen LogP contribution in [0.15, 0.2) is 122 Å². The van der Waals surface area contributed by atoms with E-state index in [2.05, 4.69) is 136 Å². The minimum atomic E-state index is -0.591. The monoisotopic (exact) mass is 773 g/mol. The van der Waals surface area contributed by atoms with Crippen molar-refractivity contribution < 1.29 is 23.8 Å². The molecule has 56 heavy (non-hydrogen) atoms. The van der Waals surface area contributed by atoms with Gasteiger partial charge in [0.2, 0.25) is 0 Å². The smallest absolute Gasteiger partial charge is 0.306 e. The lowest BCUT2D eigenvalue weighted by Crippen LogP contribution is -2.30. The topological polar surface area (TPSA) is 61.8 Å². The molecule has 0 N–H and O–H groups in total. The van der Waals surface area contributed by atoms with Gasteiger partial charge < -0.3 is 14.2 Å². The third-order valence-electron chi connectivity index (χ3n) is 8.51. The van der Waals surface area contributed by atoms with Crippen LogP contribution in [0.1, 0.15) is 162 Å². The Hall–Kier alpha value is -3.70.